The number of hydrogen-bond acceptors (Lipinski definition) is 7. The molecule has 35 heavy (non-hydrogen) atoms. The highest BCUT2D eigenvalue weighted by atomic mass is 32.2. The molecule has 0 bridgehead atoms. The normalized spacial score (nSPS) is 19.9. The predicted octanol–water partition coefficient (Wildman–Crippen LogP) is 1.60. The quantitative estimate of drug-likeness (QED) is 0.535. The van der Waals surface area contributed by atoms with Gasteiger partial charge in [-0.25, -0.2) is 21.1 Å². The number of sulfonamides is 2. The lowest BCUT2D eigenvalue weighted by molar-refractivity contribution is 0.0389. The minimum absolute atomic E-state index is 0.00518. The Hall–Kier alpha value is -2.67. The van der Waals surface area contributed by atoms with Crippen molar-refractivity contribution in [3.8, 4) is 5.75 Å². The molecule has 2 aromatic carbocycles. The van der Waals surface area contributed by atoms with E-state index in [9.17, 15) is 26.7 Å². The van der Waals surface area contributed by atoms with Crippen LogP contribution < -0.4 is 9.46 Å². The first-order chi connectivity index (χ1) is 16.3. The van der Waals surface area contributed by atoms with Crippen molar-refractivity contribution in [3.05, 3.63) is 54.1 Å². The van der Waals surface area contributed by atoms with Gasteiger partial charge in [-0.1, -0.05) is 31.2 Å². The van der Waals surface area contributed by atoms with Crippen molar-refractivity contribution in [1.82, 2.24) is 9.21 Å². The van der Waals surface area contributed by atoms with Crippen LogP contribution in [0.25, 0.3) is 0 Å². The summed E-state index contributed by atoms with van der Waals surface area (Å²) in [6, 6.07) is 11.8. The Labute approximate surface area is 206 Å². The van der Waals surface area contributed by atoms with Crippen molar-refractivity contribution >= 4 is 31.6 Å². The number of nitrogens with zero attached hydrogens (tertiary/aromatic N) is 2. The molecule has 1 amide bonds. The fraction of sp³-hybridized carbons (Fsp3) is 0.435. The number of anilines is 1. The number of nitrogens with one attached hydrogen (secondary N) is 1. The summed E-state index contributed by atoms with van der Waals surface area (Å²) in [4.78, 5) is 15.0. The number of carbonyl (C=O) groups excluding carboxylic acids is 1. The molecule has 0 fully saturated rings. The van der Waals surface area contributed by atoms with Crippen LogP contribution in [0.1, 0.15) is 24.2 Å². The minimum Gasteiger partial charge on any atom is -0.486 e. The summed E-state index contributed by atoms with van der Waals surface area (Å²) in [5, 5.41) is 9.75. The van der Waals surface area contributed by atoms with Crippen molar-refractivity contribution in [2.75, 3.05) is 37.7 Å². The number of aliphatic hydroxyl groups excluding tert-OH is 1. The van der Waals surface area contributed by atoms with Gasteiger partial charge in [0.2, 0.25) is 10.0 Å². The molecule has 0 aromatic heterocycles. The van der Waals surface area contributed by atoms with Gasteiger partial charge in [-0.3, -0.25) is 9.52 Å². The van der Waals surface area contributed by atoms with Crippen LogP contribution in [0.4, 0.5) is 5.69 Å². The first-order valence-corrected chi connectivity index (χ1v) is 14.4. The van der Waals surface area contributed by atoms with E-state index in [-0.39, 0.29) is 47.5 Å². The number of carbonyl (C=O) groups is 1. The van der Waals surface area contributed by atoms with Gasteiger partial charge in [-0.05, 0) is 31.2 Å². The molecule has 1 aliphatic rings. The van der Waals surface area contributed by atoms with Crippen molar-refractivity contribution in [2.24, 2.45) is 5.92 Å². The largest absolute Gasteiger partial charge is 0.486 e. The third-order valence-corrected chi connectivity index (χ3v) is 8.65. The zero-order valence-electron chi connectivity index (χ0n) is 20.1. The number of amides is 1. The third-order valence-electron chi connectivity index (χ3n) is 5.99. The fourth-order valence-electron chi connectivity index (χ4n) is 3.73. The minimum atomic E-state index is -4.00. The third kappa shape index (κ3) is 6.13. The van der Waals surface area contributed by atoms with E-state index >= 15 is 0 Å². The molecule has 3 rings (SSSR count). The first kappa shape index (κ1) is 26.9. The monoisotopic (exact) mass is 525 g/mol. The van der Waals surface area contributed by atoms with Gasteiger partial charge in [-0.2, -0.15) is 0 Å². The van der Waals surface area contributed by atoms with Crippen LogP contribution in [0, 0.1) is 5.92 Å². The topological polar surface area (TPSA) is 133 Å². The molecule has 3 atom stereocenters. The molecule has 0 saturated carbocycles. The molecule has 12 heteroatoms. The van der Waals surface area contributed by atoms with Crippen molar-refractivity contribution in [3.63, 3.8) is 0 Å². The maximum Gasteiger partial charge on any atom is 0.262 e. The van der Waals surface area contributed by atoms with E-state index < -0.39 is 38.1 Å². The van der Waals surface area contributed by atoms with Gasteiger partial charge in [-0.15, -0.1) is 0 Å². The average molecular weight is 526 g/mol. The summed E-state index contributed by atoms with van der Waals surface area (Å²) >= 11 is 0. The average Bonchev–Trinajstić information content (AvgIpc) is 2.81. The summed E-state index contributed by atoms with van der Waals surface area (Å²) in [6.45, 7) is 3.43. The van der Waals surface area contributed by atoms with Crippen molar-refractivity contribution < 1.29 is 31.5 Å². The molecule has 0 aliphatic carbocycles. The lowest BCUT2D eigenvalue weighted by Gasteiger charge is -2.38. The van der Waals surface area contributed by atoms with E-state index in [0.29, 0.717) is 0 Å². The van der Waals surface area contributed by atoms with Crippen LogP contribution in [-0.4, -0.2) is 82.2 Å². The maximum atomic E-state index is 13.5. The summed E-state index contributed by atoms with van der Waals surface area (Å²) in [5.41, 5.74) is 0.162. The van der Waals surface area contributed by atoms with Crippen LogP contribution in [0.2, 0.25) is 0 Å². The molecule has 10 nitrogen and oxygen atoms in total. The van der Waals surface area contributed by atoms with Crippen LogP contribution in [-0.2, 0) is 20.0 Å². The van der Waals surface area contributed by atoms with Crippen LogP contribution >= 0.6 is 0 Å². The standard InChI is InChI=1S/C23H31N3O7S2/c1-16-13-26(17(2)15-27)23(28)19-11-8-12-20(24-35(31,32)18-9-6-5-7-10-18)22(19)33-21(16)14-25(3)34(4,29)30/h5-12,16-17,21,24,27H,13-15H2,1-4H3/t16-,17+,21-/m1/s1. The number of hydrogen-bond donors (Lipinski definition) is 2. The Morgan fingerprint density at radius 3 is 2.40 bits per heavy atom. The number of para-hydroxylation sites is 1. The van der Waals surface area contributed by atoms with E-state index in [4.69, 9.17) is 4.74 Å². The number of rotatable bonds is 8. The van der Waals surface area contributed by atoms with Crippen molar-refractivity contribution in [1.29, 1.82) is 0 Å². The Morgan fingerprint density at radius 1 is 1.14 bits per heavy atom. The van der Waals surface area contributed by atoms with Crippen LogP contribution in [0.3, 0.4) is 0 Å². The van der Waals surface area contributed by atoms with Gasteiger partial charge in [0.05, 0.1) is 41.6 Å². The Morgan fingerprint density at radius 2 is 1.80 bits per heavy atom. The number of likely N-dealkylation sites (N-methyl/N-ethyl adjacent to an activating group) is 1. The van der Waals surface area contributed by atoms with E-state index in [2.05, 4.69) is 4.72 Å². The SMILES string of the molecule is C[C@@H]1CN([C@@H](C)CO)C(=O)c2cccc(NS(=O)(=O)c3ccccc3)c2O[C@@H]1CN(C)S(C)(=O)=O. The van der Waals surface area contributed by atoms with E-state index in [1.54, 1.807) is 25.1 Å². The van der Waals surface area contributed by atoms with Gasteiger partial charge in [0.1, 0.15) is 6.10 Å². The fourth-order valence-corrected chi connectivity index (χ4v) is 5.24. The highest BCUT2D eigenvalue weighted by molar-refractivity contribution is 7.92. The number of ether oxygens (including phenoxy) is 1. The van der Waals surface area contributed by atoms with E-state index in [1.165, 1.54) is 42.3 Å². The van der Waals surface area contributed by atoms with Gasteiger partial charge < -0.3 is 14.7 Å². The summed E-state index contributed by atoms with van der Waals surface area (Å²) in [7, 11) is -6.10. The molecule has 0 unspecified atom stereocenters. The second-order valence-electron chi connectivity index (χ2n) is 8.77. The van der Waals surface area contributed by atoms with E-state index in [0.717, 1.165) is 10.6 Å². The Bertz CT molecular complexity index is 1270. The second-order valence-corrected chi connectivity index (χ2v) is 12.5. The molecule has 2 aromatic rings. The molecular formula is C23H31N3O7S2. The Kier molecular flexibility index (Phi) is 8.10. The zero-order valence-corrected chi connectivity index (χ0v) is 21.7. The molecule has 192 valence electrons. The first-order valence-electron chi connectivity index (χ1n) is 11.1. The lowest BCUT2D eigenvalue weighted by atomic mass is 9.99. The molecule has 0 radical (unpaired) electrons. The zero-order chi connectivity index (χ0) is 26.0. The predicted molar refractivity (Wildman–Crippen MR) is 132 cm³/mol. The molecule has 2 N–H and O–H groups in total. The highest BCUT2D eigenvalue weighted by Gasteiger charge is 2.35. The Balaban J connectivity index is 2.11. The molecule has 1 heterocycles. The summed E-state index contributed by atoms with van der Waals surface area (Å²) in [6.07, 6.45) is 0.370. The van der Waals surface area contributed by atoms with Crippen LogP contribution in [0.15, 0.2) is 53.4 Å². The molecule has 0 spiro atoms. The number of benzene rings is 2. The number of aliphatic hydroxyl groups is 1. The van der Waals surface area contributed by atoms with Gasteiger partial charge in [0.25, 0.3) is 15.9 Å². The van der Waals surface area contributed by atoms with E-state index in [1.807, 2.05) is 6.92 Å². The van der Waals surface area contributed by atoms with Crippen LogP contribution in [0.5, 0.6) is 5.75 Å². The smallest absolute Gasteiger partial charge is 0.262 e. The molecular weight excluding hydrogens is 494 g/mol. The van der Waals surface area contributed by atoms with Gasteiger partial charge in [0, 0.05) is 19.5 Å². The highest BCUT2D eigenvalue weighted by Crippen LogP contribution is 2.36. The van der Waals surface area contributed by atoms with Gasteiger partial charge >= 0.3 is 0 Å². The second kappa shape index (κ2) is 10.5. The summed E-state index contributed by atoms with van der Waals surface area (Å²) < 4.78 is 60.0. The molecule has 0 saturated heterocycles. The number of fused-ring (bicyclic) bond motifs is 1. The summed E-state index contributed by atoms with van der Waals surface area (Å²) in [5.74, 6) is -0.765. The lowest BCUT2D eigenvalue weighted by Crippen LogP contribution is -2.50. The maximum absolute atomic E-state index is 13.5. The van der Waals surface area contributed by atoms with Crippen molar-refractivity contribution in [2.45, 2.75) is 30.9 Å². The molecule has 1 aliphatic heterocycles. The van der Waals surface area contributed by atoms with Gasteiger partial charge in [0.15, 0.2) is 5.75 Å².